The molecule has 0 amide bonds. The van der Waals surface area contributed by atoms with E-state index in [4.69, 9.17) is 4.74 Å². The zero-order valence-corrected chi connectivity index (χ0v) is 13.0. The lowest BCUT2D eigenvalue weighted by Crippen LogP contribution is -2.34. The molecular weight excluding hydrogens is 312 g/mol. The molecule has 1 saturated heterocycles. The standard InChI is InChI=1S/C18H17F2N3O/c19-12-5-6-15(20)17(11-12)23-16-4-2-1-3-14(16)18(22-23)24-13-7-9-21-10-8-13/h1-6,11,13,21H,7-10H2. The first-order chi connectivity index (χ1) is 11.7. The Bertz CT molecular complexity index is 872. The Hall–Kier alpha value is -2.47. The van der Waals surface area contributed by atoms with Crippen LogP contribution in [-0.4, -0.2) is 29.0 Å². The van der Waals surface area contributed by atoms with E-state index in [1.165, 1.54) is 4.68 Å². The van der Waals surface area contributed by atoms with Crippen molar-refractivity contribution in [2.75, 3.05) is 13.1 Å². The van der Waals surface area contributed by atoms with Crippen LogP contribution in [0.4, 0.5) is 8.78 Å². The molecule has 3 aromatic rings. The normalized spacial score (nSPS) is 15.8. The van der Waals surface area contributed by atoms with Gasteiger partial charge in [0.25, 0.3) is 0 Å². The summed E-state index contributed by atoms with van der Waals surface area (Å²) in [5, 5.41) is 8.50. The number of piperidine rings is 1. The van der Waals surface area contributed by atoms with Crippen molar-refractivity contribution < 1.29 is 13.5 Å². The Morgan fingerprint density at radius 1 is 1.08 bits per heavy atom. The number of nitrogens with one attached hydrogen (secondary N) is 1. The Labute approximate surface area is 138 Å². The molecule has 2 aromatic carbocycles. The highest BCUT2D eigenvalue weighted by Gasteiger charge is 2.20. The quantitative estimate of drug-likeness (QED) is 0.800. The van der Waals surface area contributed by atoms with Crippen LogP contribution in [0.5, 0.6) is 5.88 Å². The molecule has 2 heterocycles. The van der Waals surface area contributed by atoms with E-state index in [0.29, 0.717) is 11.4 Å². The van der Waals surface area contributed by atoms with Crippen LogP contribution in [0.1, 0.15) is 12.8 Å². The first-order valence-corrected chi connectivity index (χ1v) is 8.03. The number of ether oxygens (including phenoxy) is 1. The Balaban J connectivity index is 1.80. The average molecular weight is 329 g/mol. The second-order valence-corrected chi connectivity index (χ2v) is 5.90. The summed E-state index contributed by atoms with van der Waals surface area (Å²) in [5.74, 6) is -0.578. The van der Waals surface area contributed by atoms with E-state index in [-0.39, 0.29) is 11.8 Å². The summed E-state index contributed by atoms with van der Waals surface area (Å²) in [6.07, 6.45) is 1.88. The van der Waals surface area contributed by atoms with Crippen molar-refractivity contribution >= 4 is 10.9 Å². The van der Waals surface area contributed by atoms with Gasteiger partial charge in [-0.15, -0.1) is 5.10 Å². The van der Waals surface area contributed by atoms with Crippen molar-refractivity contribution in [1.82, 2.24) is 15.1 Å². The van der Waals surface area contributed by atoms with Crippen molar-refractivity contribution in [3.05, 3.63) is 54.1 Å². The van der Waals surface area contributed by atoms with Gasteiger partial charge >= 0.3 is 0 Å². The van der Waals surface area contributed by atoms with Crippen LogP contribution in [0, 0.1) is 11.6 Å². The Morgan fingerprint density at radius 2 is 1.88 bits per heavy atom. The zero-order valence-electron chi connectivity index (χ0n) is 13.0. The third-order valence-corrected chi connectivity index (χ3v) is 4.25. The van der Waals surface area contributed by atoms with E-state index in [9.17, 15) is 8.78 Å². The maximum Gasteiger partial charge on any atom is 0.241 e. The van der Waals surface area contributed by atoms with Crippen LogP contribution in [0.25, 0.3) is 16.6 Å². The molecule has 1 aliphatic heterocycles. The zero-order chi connectivity index (χ0) is 16.5. The fraction of sp³-hybridized carbons (Fsp3) is 0.278. The summed E-state index contributed by atoms with van der Waals surface area (Å²) in [6, 6.07) is 10.8. The Kier molecular flexibility index (Phi) is 3.90. The number of halogens is 2. The van der Waals surface area contributed by atoms with Gasteiger partial charge in [-0.25, -0.2) is 13.5 Å². The van der Waals surface area contributed by atoms with Gasteiger partial charge in [0.15, 0.2) is 0 Å². The number of fused-ring (bicyclic) bond motifs is 1. The van der Waals surface area contributed by atoms with E-state index in [2.05, 4.69) is 10.4 Å². The lowest BCUT2D eigenvalue weighted by Gasteiger charge is -2.22. The van der Waals surface area contributed by atoms with Gasteiger partial charge in [-0.2, -0.15) is 0 Å². The topological polar surface area (TPSA) is 39.1 Å². The lowest BCUT2D eigenvalue weighted by molar-refractivity contribution is 0.157. The molecule has 4 nitrogen and oxygen atoms in total. The molecule has 6 heteroatoms. The average Bonchev–Trinajstić information content (AvgIpc) is 2.97. The van der Waals surface area contributed by atoms with E-state index < -0.39 is 11.6 Å². The largest absolute Gasteiger partial charge is 0.473 e. The molecule has 0 bridgehead atoms. The number of nitrogens with zero attached hydrogens (tertiary/aromatic N) is 2. The molecule has 1 N–H and O–H groups in total. The molecule has 1 aliphatic rings. The minimum Gasteiger partial charge on any atom is -0.473 e. The van der Waals surface area contributed by atoms with Crippen molar-refractivity contribution in [3.8, 4) is 11.6 Å². The van der Waals surface area contributed by atoms with Gasteiger partial charge in [0.2, 0.25) is 5.88 Å². The molecule has 124 valence electrons. The number of benzene rings is 2. The van der Waals surface area contributed by atoms with Gasteiger partial charge in [0, 0.05) is 6.07 Å². The number of para-hydroxylation sites is 1. The van der Waals surface area contributed by atoms with Crippen molar-refractivity contribution in [1.29, 1.82) is 0 Å². The van der Waals surface area contributed by atoms with E-state index in [1.54, 1.807) is 0 Å². The third kappa shape index (κ3) is 2.73. The second kappa shape index (κ2) is 6.20. The molecule has 0 spiro atoms. The maximum atomic E-state index is 14.2. The first-order valence-electron chi connectivity index (χ1n) is 8.03. The van der Waals surface area contributed by atoms with Gasteiger partial charge in [0.1, 0.15) is 23.4 Å². The van der Waals surface area contributed by atoms with Crippen molar-refractivity contribution in [2.24, 2.45) is 0 Å². The molecule has 0 unspecified atom stereocenters. The summed E-state index contributed by atoms with van der Waals surface area (Å²) in [7, 11) is 0. The highest BCUT2D eigenvalue weighted by atomic mass is 19.1. The van der Waals surface area contributed by atoms with Gasteiger partial charge in [-0.05, 0) is 50.2 Å². The summed E-state index contributed by atoms with van der Waals surface area (Å²) >= 11 is 0. The molecule has 0 saturated carbocycles. The van der Waals surface area contributed by atoms with E-state index in [1.807, 2.05) is 24.3 Å². The number of aromatic nitrogens is 2. The van der Waals surface area contributed by atoms with Crippen LogP contribution in [0.15, 0.2) is 42.5 Å². The highest BCUT2D eigenvalue weighted by molar-refractivity contribution is 5.86. The molecular formula is C18H17F2N3O. The molecule has 0 radical (unpaired) electrons. The second-order valence-electron chi connectivity index (χ2n) is 5.90. The summed E-state index contributed by atoms with van der Waals surface area (Å²) in [4.78, 5) is 0. The minimum atomic E-state index is -0.530. The van der Waals surface area contributed by atoms with Gasteiger partial charge in [-0.3, -0.25) is 0 Å². The molecule has 0 aliphatic carbocycles. The summed E-state index contributed by atoms with van der Waals surface area (Å²) in [5.41, 5.74) is 0.761. The van der Waals surface area contributed by atoms with Crippen LogP contribution in [-0.2, 0) is 0 Å². The van der Waals surface area contributed by atoms with E-state index >= 15 is 0 Å². The molecule has 0 atom stereocenters. The number of hydrogen-bond acceptors (Lipinski definition) is 3. The monoisotopic (exact) mass is 329 g/mol. The summed E-state index contributed by atoms with van der Waals surface area (Å²) in [6.45, 7) is 1.81. The highest BCUT2D eigenvalue weighted by Crippen LogP contribution is 2.30. The lowest BCUT2D eigenvalue weighted by atomic mass is 10.1. The van der Waals surface area contributed by atoms with E-state index in [0.717, 1.165) is 49.5 Å². The first kappa shape index (κ1) is 15.1. The SMILES string of the molecule is Fc1ccc(F)c(-n2nc(OC3CCNCC3)c3ccccc32)c1. The van der Waals surface area contributed by atoms with Gasteiger partial charge in [0.05, 0.1) is 10.9 Å². The van der Waals surface area contributed by atoms with Crippen LogP contribution < -0.4 is 10.1 Å². The van der Waals surface area contributed by atoms with Crippen LogP contribution in [0.3, 0.4) is 0 Å². The number of rotatable bonds is 3. The van der Waals surface area contributed by atoms with Gasteiger partial charge in [-0.1, -0.05) is 12.1 Å². The molecule has 24 heavy (non-hydrogen) atoms. The molecule has 4 rings (SSSR count). The summed E-state index contributed by atoms with van der Waals surface area (Å²) < 4.78 is 35.2. The fourth-order valence-corrected chi connectivity index (χ4v) is 3.03. The van der Waals surface area contributed by atoms with Crippen molar-refractivity contribution in [2.45, 2.75) is 18.9 Å². The molecule has 1 fully saturated rings. The fourth-order valence-electron chi connectivity index (χ4n) is 3.03. The number of hydrogen-bond donors (Lipinski definition) is 1. The third-order valence-electron chi connectivity index (χ3n) is 4.25. The van der Waals surface area contributed by atoms with Crippen LogP contribution >= 0.6 is 0 Å². The molecule has 1 aromatic heterocycles. The predicted octanol–water partition coefficient (Wildman–Crippen LogP) is 3.43. The van der Waals surface area contributed by atoms with Crippen LogP contribution in [0.2, 0.25) is 0 Å². The smallest absolute Gasteiger partial charge is 0.241 e. The predicted molar refractivity (Wildman–Crippen MR) is 87.5 cm³/mol. The maximum absolute atomic E-state index is 14.2. The van der Waals surface area contributed by atoms with Gasteiger partial charge < -0.3 is 10.1 Å². The Morgan fingerprint density at radius 3 is 2.71 bits per heavy atom. The van der Waals surface area contributed by atoms with Crippen molar-refractivity contribution in [3.63, 3.8) is 0 Å². The minimum absolute atomic E-state index is 0.0753.